The van der Waals surface area contributed by atoms with Gasteiger partial charge in [-0.1, -0.05) is 13.8 Å². The first-order valence-corrected chi connectivity index (χ1v) is 8.46. The Morgan fingerprint density at radius 3 is 2.73 bits per heavy atom. The van der Waals surface area contributed by atoms with Gasteiger partial charge in [-0.3, -0.25) is 9.69 Å². The fraction of sp³-hybridized carbons (Fsp3) is 0.875. The molecule has 0 aromatic rings. The average molecular weight is 311 g/mol. The van der Waals surface area contributed by atoms with E-state index in [9.17, 15) is 4.79 Å². The first-order valence-electron chi connectivity index (χ1n) is 8.46. The van der Waals surface area contributed by atoms with Crippen molar-refractivity contribution in [3.05, 3.63) is 0 Å². The molecule has 1 aliphatic rings. The predicted molar refractivity (Wildman–Crippen MR) is 92.2 cm³/mol. The number of likely N-dealkylation sites (tertiary alicyclic amines) is 1. The molecule has 0 aromatic carbocycles. The van der Waals surface area contributed by atoms with Gasteiger partial charge in [-0.25, -0.2) is 4.99 Å². The standard InChI is InChI=1S/C16H33N5O/c1-6-13(3)19-16(18-12-15(22)20(4)5)17-11-14-9-8-10-21(14)7-2/h13-14H,6-12H2,1-5H3,(H2,17,18,19). The Labute approximate surface area is 135 Å². The predicted octanol–water partition coefficient (Wildman–Crippen LogP) is 0.893. The van der Waals surface area contributed by atoms with Crippen molar-refractivity contribution in [2.24, 2.45) is 4.99 Å². The molecule has 128 valence electrons. The molecule has 1 aliphatic heterocycles. The van der Waals surface area contributed by atoms with Crippen LogP contribution in [0.25, 0.3) is 0 Å². The van der Waals surface area contributed by atoms with Gasteiger partial charge in [-0.05, 0) is 39.3 Å². The zero-order chi connectivity index (χ0) is 16.5. The monoisotopic (exact) mass is 311 g/mol. The fourth-order valence-electron chi connectivity index (χ4n) is 2.53. The van der Waals surface area contributed by atoms with E-state index in [1.54, 1.807) is 19.0 Å². The SMILES string of the molecule is CCC(C)NC(=NCC(=O)N(C)C)NCC1CCCN1CC. The van der Waals surface area contributed by atoms with Gasteiger partial charge in [0, 0.05) is 32.7 Å². The topological polar surface area (TPSA) is 60.0 Å². The Bertz CT molecular complexity index is 370. The summed E-state index contributed by atoms with van der Waals surface area (Å²) in [7, 11) is 3.51. The van der Waals surface area contributed by atoms with Crippen LogP contribution in [0.1, 0.15) is 40.0 Å². The summed E-state index contributed by atoms with van der Waals surface area (Å²) >= 11 is 0. The van der Waals surface area contributed by atoms with E-state index in [0.717, 1.165) is 25.5 Å². The number of aliphatic imine (C=N–C) groups is 1. The Morgan fingerprint density at radius 2 is 2.14 bits per heavy atom. The lowest BCUT2D eigenvalue weighted by atomic mass is 10.2. The maximum Gasteiger partial charge on any atom is 0.243 e. The van der Waals surface area contributed by atoms with E-state index in [0.29, 0.717) is 12.1 Å². The number of nitrogens with zero attached hydrogens (tertiary/aromatic N) is 3. The Morgan fingerprint density at radius 1 is 1.41 bits per heavy atom. The van der Waals surface area contributed by atoms with Crippen molar-refractivity contribution in [1.29, 1.82) is 0 Å². The highest BCUT2D eigenvalue weighted by Crippen LogP contribution is 2.15. The lowest BCUT2D eigenvalue weighted by Gasteiger charge is -2.25. The van der Waals surface area contributed by atoms with Gasteiger partial charge in [-0.15, -0.1) is 0 Å². The Kier molecular flexibility index (Phi) is 8.24. The normalized spacial score (nSPS) is 20.8. The van der Waals surface area contributed by atoms with Gasteiger partial charge in [0.05, 0.1) is 0 Å². The first-order chi connectivity index (χ1) is 10.5. The summed E-state index contributed by atoms with van der Waals surface area (Å²) in [5.74, 6) is 0.758. The maximum absolute atomic E-state index is 11.7. The molecule has 1 heterocycles. The van der Waals surface area contributed by atoms with Crippen molar-refractivity contribution in [2.45, 2.75) is 52.1 Å². The van der Waals surface area contributed by atoms with E-state index in [4.69, 9.17) is 0 Å². The van der Waals surface area contributed by atoms with E-state index < -0.39 is 0 Å². The van der Waals surface area contributed by atoms with Crippen molar-refractivity contribution in [3.8, 4) is 0 Å². The minimum atomic E-state index is 0.0151. The zero-order valence-corrected chi connectivity index (χ0v) is 14.9. The van der Waals surface area contributed by atoms with Crippen molar-refractivity contribution in [1.82, 2.24) is 20.4 Å². The molecule has 1 amide bonds. The molecular formula is C16H33N5O. The van der Waals surface area contributed by atoms with Crippen LogP contribution in [0, 0.1) is 0 Å². The summed E-state index contributed by atoms with van der Waals surface area (Å²) < 4.78 is 0. The van der Waals surface area contributed by atoms with Crippen LogP contribution in [0.3, 0.4) is 0 Å². The van der Waals surface area contributed by atoms with Crippen LogP contribution in [-0.2, 0) is 4.79 Å². The molecule has 0 radical (unpaired) electrons. The van der Waals surface area contributed by atoms with Crippen LogP contribution in [0.2, 0.25) is 0 Å². The Balaban J connectivity index is 2.57. The number of carbonyl (C=O) groups is 1. The number of nitrogens with one attached hydrogen (secondary N) is 2. The summed E-state index contributed by atoms with van der Waals surface area (Å²) in [5, 5.41) is 6.78. The second kappa shape index (κ2) is 9.66. The molecule has 6 heteroatoms. The smallest absolute Gasteiger partial charge is 0.243 e. The van der Waals surface area contributed by atoms with Gasteiger partial charge in [0.25, 0.3) is 0 Å². The van der Waals surface area contributed by atoms with Crippen molar-refractivity contribution < 1.29 is 4.79 Å². The minimum absolute atomic E-state index is 0.0151. The van der Waals surface area contributed by atoms with Crippen LogP contribution in [-0.4, -0.2) is 74.0 Å². The lowest BCUT2D eigenvalue weighted by Crippen LogP contribution is -2.47. The molecule has 0 spiro atoms. The molecule has 0 saturated carbocycles. The summed E-state index contributed by atoms with van der Waals surface area (Å²) in [6.45, 7) is 9.81. The molecule has 1 saturated heterocycles. The van der Waals surface area contributed by atoms with Crippen LogP contribution in [0.4, 0.5) is 0 Å². The fourth-order valence-corrected chi connectivity index (χ4v) is 2.53. The third-order valence-corrected chi connectivity index (χ3v) is 4.28. The maximum atomic E-state index is 11.7. The van der Waals surface area contributed by atoms with Gasteiger partial charge in [0.1, 0.15) is 6.54 Å². The van der Waals surface area contributed by atoms with Crippen molar-refractivity contribution in [3.63, 3.8) is 0 Å². The molecule has 2 N–H and O–H groups in total. The number of hydrogen-bond acceptors (Lipinski definition) is 3. The van der Waals surface area contributed by atoms with Crippen LogP contribution in [0.5, 0.6) is 0 Å². The highest BCUT2D eigenvalue weighted by molar-refractivity contribution is 5.84. The number of hydrogen-bond donors (Lipinski definition) is 2. The van der Waals surface area contributed by atoms with Gasteiger partial charge < -0.3 is 15.5 Å². The summed E-state index contributed by atoms with van der Waals surface area (Å²) in [4.78, 5) is 20.2. The van der Waals surface area contributed by atoms with Gasteiger partial charge in [-0.2, -0.15) is 0 Å². The molecule has 2 unspecified atom stereocenters. The molecule has 1 fully saturated rings. The lowest BCUT2D eigenvalue weighted by molar-refractivity contribution is -0.127. The van der Waals surface area contributed by atoms with Crippen LogP contribution >= 0.6 is 0 Å². The van der Waals surface area contributed by atoms with E-state index in [1.165, 1.54) is 19.4 Å². The van der Waals surface area contributed by atoms with E-state index in [2.05, 4.69) is 41.3 Å². The Hall–Kier alpha value is -1.30. The van der Waals surface area contributed by atoms with Crippen molar-refractivity contribution in [2.75, 3.05) is 40.3 Å². The number of likely N-dealkylation sites (N-methyl/N-ethyl adjacent to an activating group) is 2. The zero-order valence-electron chi connectivity index (χ0n) is 14.9. The molecule has 0 aliphatic carbocycles. The molecule has 2 atom stereocenters. The number of carbonyl (C=O) groups excluding carboxylic acids is 1. The van der Waals surface area contributed by atoms with Crippen molar-refractivity contribution >= 4 is 11.9 Å². The number of guanidine groups is 1. The third kappa shape index (κ3) is 6.22. The summed E-state index contributed by atoms with van der Waals surface area (Å²) in [6, 6.07) is 0.907. The molecule has 0 aromatic heterocycles. The molecule has 1 rings (SSSR count). The molecular weight excluding hydrogens is 278 g/mol. The van der Waals surface area contributed by atoms with E-state index in [-0.39, 0.29) is 12.5 Å². The van der Waals surface area contributed by atoms with Gasteiger partial charge in [0.2, 0.25) is 5.91 Å². The summed E-state index contributed by atoms with van der Waals surface area (Å²) in [5.41, 5.74) is 0. The second-order valence-electron chi connectivity index (χ2n) is 6.21. The molecule has 22 heavy (non-hydrogen) atoms. The van der Waals surface area contributed by atoms with Crippen LogP contribution in [0.15, 0.2) is 4.99 Å². The first kappa shape index (κ1) is 18.7. The minimum Gasteiger partial charge on any atom is -0.355 e. The van der Waals surface area contributed by atoms with Gasteiger partial charge >= 0.3 is 0 Å². The molecule has 6 nitrogen and oxygen atoms in total. The quantitative estimate of drug-likeness (QED) is 0.541. The highest BCUT2D eigenvalue weighted by Gasteiger charge is 2.23. The second-order valence-corrected chi connectivity index (χ2v) is 6.21. The number of amides is 1. The van der Waals surface area contributed by atoms with Gasteiger partial charge in [0.15, 0.2) is 5.96 Å². The van der Waals surface area contributed by atoms with Crippen LogP contribution < -0.4 is 10.6 Å². The summed E-state index contributed by atoms with van der Waals surface area (Å²) in [6.07, 6.45) is 3.52. The third-order valence-electron chi connectivity index (χ3n) is 4.28. The highest BCUT2D eigenvalue weighted by atomic mass is 16.2. The van der Waals surface area contributed by atoms with E-state index >= 15 is 0 Å². The largest absolute Gasteiger partial charge is 0.355 e. The number of rotatable bonds is 7. The molecule has 0 bridgehead atoms. The van der Waals surface area contributed by atoms with E-state index in [1.807, 2.05) is 0 Å². The average Bonchev–Trinajstić information content (AvgIpc) is 2.96.